The molecule has 8 heteroatoms. The highest BCUT2D eigenvalue weighted by Crippen LogP contribution is 2.30. The molecule has 27 heavy (non-hydrogen) atoms. The molecule has 1 aliphatic rings. The van der Waals surface area contributed by atoms with Gasteiger partial charge in [-0.25, -0.2) is 0 Å². The Labute approximate surface area is 155 Å². The number of carboxylic acids is 1. The predicted octanol–water partition coefficient (Wildman–Crippen LogP) is 3.13. The molecule has 1 fully saturated rings. The van der Waals surface area contributed by atoms with Crippen LogP contribution >= 0.6 is 0 Å². The zero-order valence-electron chi connectivity index (χ0n) is 15.1. The number of ether oxygens (including phenoxy) is 1. The first kappa shape index (κ1) is 21.2. The van der Waals surface area contributed by atoms with Crippen LogP contribution in [-0.4, -0.2) is 36.7 Å². The van der Waals surface area contributed by atoms with E-state index in [2.05, 4.69) is 5.32 Å². The fourth-order valence-corrected chi connectivity index (χ4v) is 3.28. The van der Waals surface area contributed by atoms with Crippen molar-refractivity contribution in [3.63, 3.8) is 0 Å². The van der Waals surface area contributed by atoms with Crippen molar-refractivity contribution in [1.29, 1.82) is 0 Å². The number of benzene rings is 1. The van der Waals surface area contributed by atoms with Gasteiger partial charge in [-0.3, -0.25) is 9.59 Å². The largest absolute Gasteiger partial charge is 0.481 e. The minimum Gasteiger partial charge on any atom is -0.481 e. The average molecular weight is 387 g/mol. The molecule has 1 aromatic carbocycles. The molecule has 0 spiro atoms. The van der Waals surface area contributed by atoms with Gasteiger partial charge in [0.15, 0.2) is 0 Å². The van der Waals surface area contributed by atoms with E-state index in [-0.39, 0.29) is 24.8 Å². The number of nitrogens with one attached hydrogen (secondary N) is 1. The number of carbonyl (C=O) groups is 2. The Morgan fingerprint density at radius 1 is 1.30 bits per heavy atom. The van der Waals surface area contributed by atoms with E-state index in [1.54, 1.807) is 13.0 Å². The maximum absolute atomic E-state index is 12.8. The van der Waals surface area contributed by atoms with Crippen molar-refractivity contribution in [3.8, 4) is 0 Å². The molecule has 5 nitrogen and oxygen atoms in total. The molecule has 2 N–H and O–H groups in total. The number of halogens is 3. The number of aliphatic carboxylic acids is 1. The second kappa shape index (κ2) is 9.21. The maximum atomic E-state index is 12.8. The van der Waals surface area contributed by atoms with Crippen molar-refractivity contribution in [3.05, 3.63) is 35.4 Å². The van der Waals surface area contributed by atoms with E-state index in [9.17, 15) is 27.9 Å². The Kier molecular flexibility index (Phi) is 7.24. The van der Waals surface area contributed by atoms with Crippen LogP contribution in [0, 0.1) is 17.8 Å². The SMILES string of the molecule is CC(Cc1cccc(C(F)(F)F)c1)C(=O)NCC(C(=O)O)C1CCOCC1. The van der Waals surface area contributed by atoms with Gasteiger partial charge in [0.25, 0.3) is 0 Å². The number of amides is 1. The third-order valence-corrected chi connectivity index (χ3v) is 4.89. The summed E-state index contributed by atoms with van der Waals surface area (Å²) in [4.78, 5) is 23.8. The Hall–Kier alpha value is -2.09. The van der Waals surface area contributed by atoms with Crippen molar-refractivity contribution in [2.45, 2.75) is 32.4 Å². The topological polar surface area (TPSA) is 75.6 Å². The van der Waals surface area contributed by atoms with Gasteiger partial charge >= 0.3 is 12.1 Å². The number of hydrogen-bond acceptors (Lipinski definition) is 3. The fraction of sp³-hybridized carbons (Fsp3) is 0.579. The first-order valence-electron chi connectivity index (χ1n) is 8.93. The van der Waals surface area contributed by atoms with E-state index in [1.165, 1.54) is 6.07 Å². The molecule has 0 aromatic heterocycles. The van der Waals surface area contributed by atoms with E-state index < -0.39 is 29.5 Å². The van der Waals surface area contributed by atoms with Crippen molar-refractivity contribution in [2.24, 2.45) is 17.8 Å². The van der Waals surface area contributed by atoms with E-state index in [0.717, 1.165) is 12.1 Å². The van der Waals surface area contributed by atoms with Crippen LogP contribution in [0.2, 0.25) is 0 Å². The molecule has 2 rings (SSSR count). The molecule has 0 radical (unpaired) electrons. The summed E-state index contributed by atoms with van der Waals surface area (Å²) in [5.41, 5.74) is -0.343. The first-order valence-corrected chi connectivity index (χ1v) is 8.93. The Morgan fingerprint density at radius 2 is 1.96 bits per heavy atom. The molecular weight excluding hydrogens is 363 g/mol. The predicted molar refractivity (Wildman–Crippen MR) is 92.0 cm³/mol. The van der Waals surface area contributed by atoms with Gasteiger partial charge in [-0.1, -0.05) is 25.1 Å². The Bertz CT molecular complexity index is 657. The summed E-state index contributed by atoms with van der Waals surface area (Å²) in [6.07, 6.45) is -3.02. The first-order chi connectivity index (χ1) is 12.7. The third kappa shape index (κ3) is 6.23. The second-order valence-corrected chi connectivity index (χ2v) is 6.94. The quantitative estimate of drug-likeness (QED) is 0.754. The van der Waals surface area contributed by atoms with Crippen LogP contribution in [0.1, 0.15) is 30.9 Å². The van der Waals surface area contributed by atoms with Crippen LogP contribution in [0.3, 0.4) is 0 Å². The van der Waals surface area contributed by atoms with Crippen LogP contribution in [0.4, 0.5) is 13.2 Å². The monoisotopic (exact) mass is 387 g/mol. The number of alkyl halides is 3. The highest BCUT2D eigenvalue weighted by atomic mass is 19.4. The van der Waals surface area contributed by atoms with Crippen LogP contribution < -0.4 is 5.32 Å². The summed E-state index contributed by atoms with van der Waals surface area (Å²) in [6, 6.07) is 4.88. The van der Waals surface area contributed by atoms with Crippen molar-refractivity contribution >= 4 is 11.9 Å². The van der Waals surface area contributed by atoms with Gasteiger partial charge in [-0.2, -0.15) is 13.2 Å². The molecule has 1 saturated heterocycles. The Balaban J connectivity index is 1.92. The van der Waals surface area contributed by atoms with E-state index in [1.807, 2.05) is 0 Å². The van der Waals surface area contributed by atoms with Gasteiger partial charge in [0.1, 0.15) is 0 Å². The van der Waals surface area contributed by atoms with Crippen molar-refractivity contribution in [2.75, 3.05) is 19.8 Å². The van der Waals surface area contributed by atoms with Gasteiger partial charge in [0.2, 0.25) is 5.91 Å². The van der Waals surface area contributed by atoms with Gasteiger partial charge < -0.3 is 15.2 Å². The van der Waals surface area contributed by atoms with Gasteiger partial charge in [-0.15, -0.1) is 0 Å². The molecule has 1 aliphatic heterocycles. The zero-order chi connectivity index (χ0) is 20.0. The van der Waals surface area contributed by atoms with Gasteiger partial charge in [0, 0.05) is 25.7 Å². The van der Waals surface area contributed by atoms with Crippen LogP contribution in [-0.2, 0) is 26.9 Å². The lowest BCUT2D eigenvalue weighted by atomic mass is 9.86. The van der Waals surface area contributed by atoms with Crippen molar-refractivity contribution in [1.82, 2.24) is 5.32 Å². The maximum Gasteiger partial charge on any atom is 0.416 e. The summed E-state index contributed by atoms with van der Waals surface area (Å²) in [6.45, 7) is 2.63. The number of carboxylic acid groups (broad SMARTS) is 1. The Morgan fingerprint density at radius 3 is 2.56 bits per heavy atom. The minimum absolute atomic E-state index is 0.00572. The van der Waals surface area contributed by atoms with E-state index in [0.29, 0.717) is 31.6 Å². The summed E-state index contributed by atoms with van der Waals surface area (Å²) in [7, 11) is 0. The lowest BCUT2D eigenvalue weighted by Crippen LogP contribution is -2.40. The van der Waals surface area contributed by atoms with E-state index in [4.69, 9.17) is 4.74 Å². The van der Waals surface area contributed by atoms with Crippen LogP contribution in [0.25, 0.3) is 0 Å². The highest BCUT2D eigenvalue weighted by Gasteiger charge is 2.32. The third-order valence-electron chi connectivity index (χ3n) is 4.89. The summed E-state index contributed by atoms with van der Waals surface area (Å²) in [5.74, 6) is -2.66. The van der Waals surface area contributed by atoms with Crippen LogP contribution in [0.15, 0.2) is 24.3 Å². The molecule has 1 heterocycles. The normalized spacial score (nSPS) is 17.9. The molecule has 2 atom stereocenters. The summed E-state index contributed by atoms with van der Waals surface area (Å²) < 4.78 is 43.6. The average Bonchev–Trinajstić information content (AvgIpc) is 2.62. The van der Waals surface area contributed by atoms with Gasteiger partial charge in [0.05, 0.1) is 11.5 Å². The number of rotatable bonds is 7. The van der Waals surface area contributed by atoms with E-state index >= 15 is 0 Å². The lowest BCUT2D eigenvalue weighted by Gasteiger charge is -2.28. The molecule has 0 saturated carbocycles. The minimum atomic E-state index is -4.43. The summed E-state index contributed by atoms with van der Waals surface area (Å²) in [5, 5.41) is 12.1. The molecule has 150 valence electrons. The smallest absolute Gasteiger partial charge is 0.416 e. The summed E-state index contributed by atoms with van der Waals surface area (Å²) >= 11 is 0. The van der Waals surface area contributed by atoms with Gasteiger partial charge in [-0.05, 0) is 36.8 Å². The standard InChI is InChI=1S/C19H24F3NO4/c1-12(9-13-3-2-4-15(10-13)19(20,21)22)17(24)23-11-16(18(25)26)14-5-7-27-8-6-14/h2-4,10,12,14,16H,5-9,11H2,1H3,(H,23,24)(H,25,26). The molecule has 0 aliphatic carbocycles. The number of hydrogen-bond donors (Lipinski definition) is 2. The number of carbonyl (C=O) groups excluding carboxylic acids is 1. The molecular formula is C19H24F3NO4. The molecule has 0 bridgehead atoms. The molecule has 2 unspecified atom stereocenters. The lowest BCUT2D eigenvalue weighted by molar-refractivity contribution is -0.145. The second-order valence-electron chi connectivity index (χ2n) is 6.94. The highest BCUT2D eigenvalue weighted by molar-refractivity contribution is 5.79. The molecule has 1 aromatic rings. The zero-order valence-corrected chi connectivity index (χ0v) is 15.1. The van der Waals surface area contributed by atoms with Crippen LogP contribution in [0.5, 0.6) is 0 Å². The van der Waals surface area contributed by atoms with Crippen molar-refractivity contribution < 1.29 is 32.6 Å². The fourth-order valence-electron chi connectivity index (χ4n) is 3.28. The molecule has 1 amide bonds.